The minimum Gasteiger partial charge on any atom is -0.396 e. The third-order valence-corrected chi connectivity index (χ3v) is 3.06. The zero-order chi connectivity index (χ0) is 16.2. The lowest BCUT2D eigenvalue weighted by Crippen LogP contribution is -2.14. The van der Waals surface area contributed by atoms with Gasteiger partial charge in [0.2, 0.25) is 5.82 Å². The Hall–Kier alpha value is -1.96. The maximum Gasteiger partial charge on any atom is 0.451 e. The molecule has 2 N–H and O–H groups in total. The van der Waals surface area contributed by atoms with Gasteiger partial charge in [0.25, 0.3) is 0 Å². The van der Waals surface area contributed by atoms with Gasteiger partial charge in [-0.15, -0.1) is 0 Å². The number of hydrogen-bond donors (Lipinski definition) is 2. The summed E-state index contributed by atoms with van der Waals surface area (Å²) in [4.78, 5) is 6.75. The molecule has 0 saturated heterocycles. The first-order valence-electron chi connectivity index (χ1n) is 6.81. The summed E-state index contributed by atoms with van der Waals surface area (Å²) in [5, 5.41) is 11.7. The molecular formula is C14H15F4N3O. The zero-order valence-corrected chi connectivity index (χ0v) is 11.6. The Morgan fingerprint density at radius 1 is 1.09 bits per heavy atom. The summed E-state index contributed by atoms with van der Waals surface area (Å²) in [5.41, 5.74) is -0.359. The number of aliphatic hydroxyl groups is 1. The number of unbranched alkanes of at least 4 members (excludes halogenated alkanes) is 2. The molecule has 120 valence electrons. The van der Waals surface area contributed by atoms with Crippen molar-refractivity contribution in [1.29, 1.82) is 0 Å². The molecule has 1 heterocycles. The lowest BCUT2D eigenvalue weighted by Gasteiger charge is -2.12. The van der Waals surface area contributed by atoms with Gasteiger partial charge in [-0.05, 0) is 31.4 Å². The predicted molar refractivity (Wildman–Crippen MR) is 73.9 cm³/mol. The van der Waals surface area contributed by atoms with E-state index in [0.29, 0.717) is 19.4 Å². The summed E-state index contributed by atoms with van der Waals surface area (Å²) in [7, 11) is 0. The van der Waals surface area contributed by atoms with Crippen LogP contribution < -0.4 is 5.32 Å². The Kier molecular flexibility index (Phi) is 5.12. The molecule has 2 aromatic rings. The average molecular weight is 317 g/mol. The van der Waals surface area contributed by atoms with E-state index in [1.54, 1.807) is 0 Å². The molecule has 0 fully saturated rings. The zero-order valence-electron chi connectivity index (χ0n) is 11.6. The van der Waals surface area contributed by atoms with Gasteiger partial charge in [-0.1, -0.05) is 6.07 Å². The van der Waals surface area contributed by atoms with E-state index in [4.69, 9.17) is 5.11 Å². The van der Waals surface area contributed by atoms with Crippen molar-refractivity contribution in [1.82, 2.24) is 9.97 Å². The first-order chi connectivity index (χ1) is 10.4. The summed E-state index contributed by atoms with van der Waals surface area (Å²) in [5.74, 6) is -2.24. The van der Waals surface area contributed by atoms with E-state index in [9.17, 15) is 17.6 Å². The smallest absolute Gasteiger partial charge is 0.396 e. The Balaban J connectivity index is 2.32. The first kappa shape index (κ1) is 16.4. The van der Waals surface area contributed by atoms with Crippen LogP contribution in [0.3, 0.4) is 0 Å². The van der Waals surface area contributed by atoms with Gasteiger partial charge in [0.15, 0.2) is 0 Å². The molecule has 4 nitrogen and oxygen atoms in total. The number of para-hydroxylation sites is 1. The summed E-state index contributed by atoms with van der Waals surface area (Å²) >= 11 is 0. The number of halogens is 4. The number of rotatable bonds is 6. The Morgan fingerprint density at radius 3 is 2.55 bits per heavy atom. The van der Waals surface area contributed by atoms with Crippen molar-refractivity contribution >= 4 is 16.7 Å². The van der Waals surface area contributed by atoms with Crippen LogP contribution in [0.25, 0.3) is 10.9 Å². The highest BCUT2D eigenvalue weighted by atomic mass is 19.4. The van der Waals surface area contributed by atoms with Crippen LogP contribution in [0.5, 0.6) is 0 Å². The van der Waals surface area contributed by atoms with E-state index < -0.39 is 17.8 Å². The summed E-state index contributed by atoms with van der Waals surface area (Å²) < 4.78 is 52.1. The van der Waals surface area contributed by atoms with Crippen molar-refractivity contribution in [2.24, 2.45) is 0 Å². The van der Waals surface area contributed by atoms with Crippen molar-refractivity contribution in [3.63, 3.8) is 0 Å². The molecule has 0 amide bonds. The third kappa shape index (κ3) is 3.82. The van der Waals surface area contributed by atoms with Gasteiger partial charge in [-0.3, -0.25) is 0 Å². The lowest BCUT2D eigenvalue weighted by molar-refractivity contribution is -0.144. The first-order valence-corrected chi connectivity index (χ1v) is 6.81. The molecule has 0 aliphatic rings. The minimum absolute atomic E-state index is 0.0409. The number of alkyl halides is 3. The molecule has 1 aromatic carbocycles. The van der Waals surface area contributed by atoms with Gasteiger partial charge in [0.1, 0.15) is 17.2 Å². The summed E-state index contributed by atoms with van der Waals surface area (Å²) in [6.45, 7) is 0.444. The molecule has 0 atom stereocenters. The molecule has 1 aromatic heterocycles. The Morgan fingerprint density at radius 2 is 1.86 bits per heavy atom. The number of aliphatic hydroxyl groups excluding tert-OH is 1. The number of aromatic nitrogens is 2. The number of nitrogens with one attached hydrogen (secondary N) is 1. The minimum atomic E-state index is -4.75. The molecule has 0 aliphatic carbocycles. The fraction of sp³-hybridized carbons (Fsp3) is 0.429. The molecule has 0 radical (unpaired) electrons. The van der Waals surface area contributed by atoms with Crippen LogP contribution in [-0.4, -0.2) is 28.2 Å². The number of benzene rings is 1. The Labute approximate surface area is 124 Å². The van der Waals surface area contributed by atoms with Crippen LogP contribution in [0, 0.1) is 5.82 Å². The van der Waals surface area contributed by atoms with E-state index in [1.807, 2.05) is 0 Å². The number of anilines is 1. The van der Waals surface area contributed by atoms with E-state index >= 15 is 0 Å². The highest BCUT2D eigenvalue weighted by molar-refractivity contribution is 5.89. The predicted octanol–water partition coefficient (Wildman–Crippen LogP) is 3.36. The molecule has 2 rings (SSSR count). The van der Waals surface area contributed by atoms with Gasteiger partial charge in [-0.2, -0.15) is 13.2 Å². The van der Waals surface area contributed by atoms with E-state index in [1.165, 1.54) is 12.1 Å². The topological polar surface area (TPSA) is 58.0 Å². The third-order valence-electron chi connectivity index (χ3n) is 3.06. The van der Waals surface area contributed by atoms with Crippen LogP contribution in [0.4, 0.5) is 23.4 Å². The molecule has 0 unspecified atom stereocenters. The molecule has 0 aliphatic heterocycles. The van der Waals surface area contributed by atoms with Crippen LogP contribution in [0.2, 0.25) is 0 Å². The van der Waals surface area contributed by atoms with E-state index in [2.05, 4.69) is 15.3 Å². The molecule has 0 spiro atoms. The molecular weight excluding hydrogens is 302 g/mol. The van der Waals surface area contributed by atoms with Gasteiger partial charge < -0.3 is 10.4 Å². The average Bonchev–Trinajstić information content (AvgIpc) is 2.46. The fourth-order valence-corrected chi connectivity index (χ4v) is 2.00. The van der Waals surface area contributed by atoms with Crippen LogP contribution >= 0.6 is 0 Å². The lowest BCUT2D eigenvalue weighted by atomic mass is 10.2. The van der Waals surface area contributed by atoms with Crippen molar-refractivity contribution in [2.75, 3.05) is 18.5 Å². The number of fused-ring (bicyclic) bond motifs is 1. The monoisotopic (exact) mass is 317 g/mol. The number of nitrogens with zero attached hydrogens (tertiary/aromatic N) is 2. The maximum absolute atomic E-state index is 13.7. The second kappa shape index (κ2) is 6.87. The second-order valence-electron chi connectivity index (χ2n) is 4.74. The van der Waals surface area contributed by atoms with Gasteiger partial charge >= 0.3 is 6.18 Å². The normalized spacial score (nSPS) is 11.9. The van der Waals surface area contributed by atoms with E-state index in [0.717, 1.165) is 12.5 Å². The van der Waals surface area contributed by atoms with Gasteiger partial charge in [0.05, 0.1) is 0 Å². The molecule has 0 saturated carbocycles. The standard InChI is InChI=1S/C14H15F4N3O/c15-10-6-4-5-9-11(10)20-13(14(16,17)18)21-12(9)19-7-2-1-3-8-22/h4-6,22H,1-3,7-8H2,(H,19,20,21). The highest BCUT2D eigenvalue weighted by Gasteiger charge is 2.35. The summed E-state index contributed by atoms with van der Waals surface area (Å²) in [6, 6.07) is 3.92. The molecule has 0 bridgehead atoms. The van der Waals surface area contributed by atoms with Crippen molar-refractivity contribution in [3.05, 3.63) is 29.8 Å². The quantitative estimate of drug-likeness (QED) is 0.633. The highest BCUT2D eigenvalue weighted by Crippen LogP contribution is 2.31. The van der Waals surface area contributed by atoms with Crippen LogP contribution in [0.1, 0.15) is 25.1 Å². The maximum atomic E-state index is 13.7. The van der Waals surface area contributed by atoms with Crippen LogP contribution in [0.15, 0.2) is 18.2 Å². The van der Waals surface area contributed by atoms with Gasteiger partial charge in [0, 0.05) is 18.5 Å². The largest absolute Gasteiger partial charge is 0.451 e. The molecule has 22 heavy (non-hydrogen) atoms. The van der Waals surface area contributed by atoms with Crippen LogP contribution in [-0.2, 0) is 6.18 Å². The van der Waals surface area contributed by atoms with Crippen molar-refractivity contribution in [2.45, 2.75) is 25.4 Å². The SMILES string of the molecule is OCCCCCNc1nc(C(F)(F)F)nc2c(F)cccc12. The van der Waals surface area contributed by atoms with Crippen molar-refractivity contribution < 1.29 is 22.7 Å². The fourth-order valence-electron chi connectivity index (χ4n) is 2.00. The Bertz CT molecular complexity index is 646. The molecule has 8 heteroatoms. The van der Waals surface area contributed by atoms with E-state index in [-0.39, 0.29) is 23.3 Å². The summed E-state index contributed by atoms with van der Waals surface area (Å²) in [6.07, 6.45) is -2.74. The van der Waals surface area contributed by atoms with Crippen molar-refractivity contribution in [3.8, 4) is 0 Å². The number of hydrogen-bond acceptors (Lipinski definition) is 4. The van der Waals surface area contributed by atoms with Gasteiger partial charge in [-0.25, -0.2) is 14.4 Å². The second-order valence-corrected chi connectivity index (χ2v) is 4.74.